The van der Waals surface area contributed by atoms with Crippen LogP contribution in [0, 0.1) is 13.8 Å². The second-order valence-electron chi connectivity index (χ2n) is 6.96. The van der Waals surface area contributed by atoms with Crippen LogP contribution < -0.4 is 5.32 Å². The minimum atomic E-state index is -0.0323. The van der Waals surface area contributed by atoms with Gasteiger partial charge in [0.05, 0.1) is 17.3 Å². The first-order valence-corrected chi connectivity index (χ1v) is 10.2. The van der Waals surface area contributed by atoms with Gasteiger partial charge in [0, 0.05) is 5.39 Å². The van der Waals surface area contributed by atoms with E-state index in [1.54, 1.807) is 0 Å². The predicted molar refractivity (Wildman–Crippen MR) is 114 cm³/mol. The Kier molecular flexibility index (Phi) is 5.05. The van der Waals surface area contributed by atoms with Crippen LogP contribution in [-0.4, -0.2) is 26.3 Å². The van der Waals surface area contributed by atoms with Gasteiger partial charge in [-0.1, -0.05) is 60.3 Å². The van der Waals surface area contributed by atoms with Crippen LogP contribution in [0.15, 0.2) is 59.8 Å². The van der Waals surface area contributed by atoms with E-state index in [4.69, 9.17) is 0 Å². The number of rotatable bonds is 5. The molecule has 0 fully saturated rings. The van der Waals surface area contributed by atoms with Crippen molar-refractivity contribution in [3.63, 3.8) is 0 Å². The molecule has 2 heterocycles. The zero-order valence-corrected chi connectivity index (χ0v) is 17.0. The summed E-state index contributed by atoms with van der Waals surface area (Å²) in [5.41, 5.74) is 5.33. The Morgan fingerprint density at radius 2 is 1.86 bits per heavy atom. The lowest BCUT2D eigenvalue weighted by Crippen LogP contribution is -2.28. The van der Waals surface area contributed by atoms with Crippen molar-refractivity contribution in [1.29, 1.82) is 0 Å². The van der Waals surface area contributed by atoms with Crippen molar-refractivity contribution in [3.8, 4) is 0 Å². The van der Waals surface area contributed by atoms with E-state index in [1.807, 2.05) is 43.3 Å². The Hall–Kier alpha value is -2.86. The fraction of sp³-hybridized carbons (Fsp3) is 0.227. The molecule has 0 saturated carbocycles. The highest BCUT2D eigenvalue weighted by Gasteiger charge is 2.15. The molecule has 0 aliphatic heterocycles. The predicted octanol–water partition coefficient (Wildman–Crippen LogP) is 4.47. The third kappa shape index (κ3) is 3.47. The van der Waals surface area contributed by atoms with Gasteiger partial charge < -0.3 is 5.32 Å². The van der Waals surface area contributed by atoms with Crippen LogP contribution >= 0.6 is 11.8 Å². The minimum Gasteiger partial charge on any atom is -0.349 e. The number of aryl methyl sites for hydroxylation is 2. The van der Waals surface area contributed by atoms with E-state index in [1.165, 1.54) is 22.7 Å². The van der Waals surface area contributed by atoms with Crippen LogP contribution in [0.2, 0.25) is 0 Å². The van der Waals surface area contributed by atoms with Crippen molar-refractivity contribution < 1.29 is 4.79 Å². The monoisotopic (exact) mass is 390 g/mol. The van der Waals surface area contributed by atoms with E-state index in [2.05, 4.69) is 52.0 Å². The SMILES string of the molecule is Cc1cc2nnc(SCC(=O)NC(C)c3ccccc3)n2c2c(C)cccc12. The number of nitrogens with zero attached hydrogens (tertiary/aromatic N) is 3. The second kappa shape index (κ2) is 7.64. The van der Waals surface area contributed by atoms with E-state index in [-0.39, 0.29) is 11.9 Å². The van der Waals surface area contributed by atoms with E-state index in [0.717, 1.165) is 27.4 Å². The molecule has 0 spiro atoms. The van der Waals surface area contributed by atoms with Crippen LogP contribution in [0.4, 0.5) is 0 Å². The lowest BCUT2D eigenvalue weighted by atomic mass is 10.1. The smallest absolute Gasteiger partial charge is 0.230 e. The number of pyridine rings is 1. The highest BCUT2D eigenvalue weighted by molar-refractivity contribution is 7.99. The number of thioether (sulfide) groups is 1. The topological polar surface area (TPSA) is 59.3 Å². The summed E-state index contributed by atoms with van der Waals surface area (Å²) in [6.45, 7) is 6.16. The number of benzene rings is 2. The Morgan fingerprint density at radius 3 is 2.64 bits per heavy atom. The maximum Gasteiger partial charge on any atom is 0.230 e. The molecule has 5 nitrogen and oxygen atoms in total. The number of amides is 1. The highest BCUT2D eigenvalue weighted by Crippen LogP contribution is 2.28. The van der Waals surface area contributed by atoms with Crippen LogP contribution in [0.1, 0.15) is 29.7 Å². The van der Waals surface area contributed by atoms with Gasteiger partial charge in [0.1, 0.15) is 0 Å². The van der Waals surface area contributed by atoms with Gasteiger partial charge in [0.15, 0.2) is 10.8 Å². The van der Waals surface area contributed by atoms with Gasteiger partial charge in [-0.05, 0) is 43.5 Å². The van der Waals surface area contributed by atoms with Crippen LogP contribution in [0.5, 0.6) is 0 Å². The summed E-state index contributed by atoms with van der Waals surface area (Å²) in [5.74, 6) is 0.269. The zero-order chi connectivity index (χ0) is 19.7. The van der Waals surface area contributed by atoms with Gasteiger partial charge in [0.25, 0.3) is 0 Å². The van der Waals surface area contributed by atoms with Crippen molar-refractivity contribution in [3.05, 3.63) is 71.3 Å². The van der Waals surface area contributed by atoms with Crippen LogP contribution in [0.3, 0.4) is 0 Å². The Bertz CT molecular complexity index is 1150. The summed E-state index contributed by atoms with van der Waals surface area (Å²) >= 11 is 1.41. The fourth-order valence-electron chi connectivity index (χ4n) is 3.46. The molecule has 1 amide bonds. The van der Waals surface area contributed by atoms with Crippen LogP contribution in [-0.2, 0) is 4.79 Å². The highest BCUT2D eigenvalue weighted by atomic mass is 32.2. The lowest BCUT2D eigenvalue weighted by Gasteiger charge is -2.14. The summed E-state index contributed by atoms with van der Waals surface area (Å²) in [6, 6.07) is 18.2. The molecule has 1 atom stereocenters. The molecule has 28 heavy (non-hydrogen) atoms. The standard InChI is InChI=1S/C22H22N4OS/c1-14-8-7-11-18-15(2)12-19-24-25-22(26(19)21(14)18)28-13-20(27)23-16(3)17-9-5-4-6-10-17/h4-12,16H,13H2,1-3H3,(H,23,27). The number of aromatic nitrogens is 3. The summed E-state index contributed by atoms with van der Waals surface area (Å²) in [4.78, 5) is 12.5. The molecule has 1 unspecified atom stereocenters. The maximum absolute atomic E-state index is 12.5. The molecular weight excluding hydrogens is 368 g/mol. The molecule has 4 aromatic rings. The molecule has 142 valence electrons. The summed E-state index contributed by atoms with van der Waals surface area (Å²) < 4.78 is 2.05. The summed E-state index contributed by atoms with van der Waals surface area (Å²) in [7, 11) is 0. The second-order valence-corrected chi connectivity index (χ2v) is 7.91. The molecular formula is C22H22N4OS. The zero-order valence-electron chi connectivity index (χ0n) is 16.1. The Balaban J connectivity index is 1.56. The fourth-order valence-corrected chi connectivity index (χ4v) is 4.22. The van der Waals surface area contributed by atoms with Crippen molar-refractivity contribution in [2.24, 2.45) is 0 Å². The first-order valence-electron chi connectivity index (χ1n) is 9.26. The van der Waals surface area contributed by atoms with Gasteiger partial charge in [-0.2, -0.15) is 0 Å². The number of carbonyl (C=O) groups excluding carboxylic acids is 1. The van der Waals surface area contributed by atoms with E-state index in [9.17, 15) is 4.79 Å². The number of hydrogen-bond donors (Lipinski definition) is 1. The van der Waals surface area contributed by atoms with Crippen molar-refractivity contribution in [2.45, 2.75) is 32.0 Å². The number of fused-ring (bicyclic) bond motifs is 3. The largest absolute Gasteiger partial charge is 0.349 e. The van der Waals surface area contributed by atoms with Crippen molar-refractivity contribution >= 4 is 34.2 Å². The molecule has 0 aliphatic carbocycles. The summed E-state index contributed by atoms with van der Waals surface area (Å²) in [5, 5.41) is 13.6. The van der Waals surface area contributed by atoms with Gasteiger partial charge in [-0.15, -0.1) is 10.2 Å². The molecule has 0 radical (unpaired) electrons. The van der Waals surface area contributed by atoms with Gasteiger partial charge in [-0.25, -0.2) is 0 Å². The first kappa shape index (κ1) is 18.5. The molecule has 2 aromatic carbocycles. The number of nitrogens with one attached hydrogen (secondary N) is 1. The van der Waals surface area contributed by atoms with Gasteiger partial charge >= 0.3 is 0 Å². The quantitative estimate of drug-likeness (QED) is 0.511. The lowest BCUT2D eigenvalue weighted by molar-refractivity contribution is -0.119. The average molecular weight is 391 g/mol. The maximum atomic E-state index is 12.5. The van der Waals surface area contributed by atoms with E-state index < -0.39 is 0 Å². The molecule has 6 heteroatoms. The first-order chi connectivity index (χ1) is 13.5. The molecule has 0 aliphatic rings. The van der Waals surface area contributed by atoms with E-state index >= 15 is 0 Å². The number of para-hydroxylation sites is 1. The molecule has 2 aromatic heterocycles. The van der Waals surface area contributed by atoms with Gasteiger partial charge in [0.2, 0.25) is 5.91 Å². The van der Waals surface area contributed by atoms with Crippen molar-refractivity contribution in [1.82, 2.24) is 19.9 Å². The summed E-state index contributed by atoms with van der Waals surface area (Å²) in [6.07, 6.45) is 0. The average Bonchev–Trinajstić information content (AvgIpc) is 3.10. The van der Waals surface area contributed by atoms with Gasteiger partial charge in [-0.3, -0.25) is 9.20 Å². The Morgan fingerprint density at radius 1 is 1.07 bits per heavy atom. The third-order valence-electron chi connectivity index (χ3n) is 4.90. The van der Waals surface area contributed by atoms with E-state index in [0.29, 0.717) is 5.75 Å². The molecule has 0 saturated heterocycles. The third-order valence-corrected chi connectivity index (χ3v) is 5.83. The Labute approximate surface area is 168 Å². The molecule has 1 N–H and O–H groups in total. The molecule has 0 bridgehead atoms. The molecule has 4 rings (SSSR count). The van der Waals surface area contributed by atoms with Crippen molar-refractivity contribution in [2.75, 3.05) is 5.75 Å². The normalized spacial score (nSPS) is 12.4. The number of hydrogen-bond acceptors (Lipinski definition) is 4. The minimum absolute atomic E-state index is 0.0220. The van der Waals surface area contributed by atoms with Crippen LogP contribution in [0.25, 0.3) is 16.6 Å². The number of carbonyl (C=O) groups is 1.